The molecule has 1 N–H and O–H groups in total. The summed E-state index contributed by atoms with van der Waals surface area (Å²) in [5.74, 6) is -2.21. The van der Waals surface area contributed by atoms with Gasteiger partial charge in [0.2, 0.25) is 0 Å². The Morgan fingerprint density at radius 1 is 1.08 bits per heavy atom. The normalized spacial score (nSPS) is 14.2. The minimum atomic E-state index is -3.86. The molecule has 0 fully saturated rings. The number of alkyl halides is 2. The molecule has 0 aliphatic carbocycles. The van der Waals surface area contributed by atoms with Crippen LogP contribution in [0.1, 0.15) is 5.56 Å². The molecule has 136 valence electrons. The first-order valence-electron chi connectivity index (χ1n) is 7.44. The predicted octanol–water partition coefficient (Wildman–Crippen LogP) is 3.83. The fourth-order valence-corrected chi connectivity index (χ4v) is 3.36. The van der Waals surface area contributed by atoms with E-state index in [2.05, 4.69) is 10.1 Å². The van der Waals surface area contributed by atoms with Crippen LogP contribution in [0.2, 0.25) is 0 Å². The number of aliphatic hydroxyl groups is 1. The minimum Gasteiger partial charge on any atom is -0.376 e. The number of aromatic nitrogens is 3. The van der Waals surface area contributed by atoms with Gasteiger partial charge in [0, 0.05) is 16.5 Å². The van der Waals surface area contributed by atoms with E-state index in [-0.39, 0.29) is 16.7 Å². The fourth-order valence-electron chi connectivity index (χ4n) is 2.43. The van der Waals surface area contributed by atoms with Crippen molar-refractivity contribution in [1.29, 1.82) is 0 Å². The van der Waals surface area contributed by atoms with Crippen molar-refractivity contribution in [2.45, 2.75) is 22.3 Å². The summed E-state index contributed by atoms with van der Waals surface area (Å²) in [4.78, 5) is 3.82. The summed E-state index contributed by atoms with van der Waals surface area (Å²) >= 11 is 0.0772. The Hall–Kier alpha value is -2.39. The number of thioether (sulfide) groups is 1. The fraction of sp³-hybridized carbons (Fsp3) is 0.176. The molecule has 0 amide bonds. The highest BCUT2D eigenvalue weighted by molar-refractivity contribution is 8.00. The van der Waals surface area contributed by atoms with Crippen molar-refractivity contribution in [3.63, 3.8) is 0 Å². The van der Waals surface area contributed by atoms with Gasteiger partial charge in [0.15, 0.2) is 5.60 Å². The molecule has 3 aromatic rings. The van der Waals surface area contributed by atoms with E-state index in [0.29, 0.717) is 6.07 Å². The summed E-state index contributed by atoms with van der Waals surface area (Å²) in [6, 6.07) is 9.73. The van der Waals surface area contributed by atoms with Gasteiger partial charge >= 0.3 is 5.25 Å². The molecule has 1 atom stereocenters. The van der Waals surface area contributed by atoms with E-state index < -0.39 is 34.6 Å². The third-order valence-corrected chi connectivity index (χ3v) is 4.81. The van der Waals surface area contributed by atoms with Crippen LogP contribution in [-0.4, -0.2) is 25.1 Å². The summed E-state index contributed by atoms with van der Waals surface area (Å²) in [6.45, 7) is -0.775. The van der Waals surface area contributed by atoms with Crippen LogP contribution in [-0.2, 0) is 12.1 Å². The molecule has 0 saturated carbocycles. The zero-order valence-corrected chi connectivity index (χ0v) is 14.0. The van der Waals surface area contributed by atoms with Gasteiger partial charge in [0.1, 0.15) is 24.3 Å². The molecule has 1 unspecified atom stereocenters. The summed E-state index contributed by atoms with van der Waals surface area (Å²) in [5.41, 5.74) is -3.73. The van der Waals surface area contributed by atoms with Gasteiger partial charge in [-0.05, 0) is 36.0 Å². The number of hydrogen-bond acceptors (Lipinski definition) is 4. The molecule has 0 radical (unpaired) electrons. The van der Waals surface area contributed by atoms with Gasteiger partial charge < -0.3 is 5.11 Å². The molecular weight excluding hydrogens is 370 g/mol. The Morgan fingerprint density at radius 2 is 1.81 bits per heavy atom. The molecule has 0 spiro atoms. The van der Waals surface area contributed by atoms with Crippen LogP contribution in [0.15, 0.2) is 66.1 Å². The molecule has 3 rings (SSSR count). The Bertz CT molecular complexity index is 877. The quantitative estimate of drug-likeness (QED) is 0.519. The van der Waals surface area contributed by atoms with Gasteiger partial charge in [0.05, 0.1) is 6.54 Å². The molecule has 0 aliphatic rings. The second kappa shape index (κ2) is 7.08. The summed E-state index contributed by atoms with van der Waals surface area (Å²) < 4.78 is 58.6. The lowest BCUT2D eigenvalue weighted by Gasteiger charge is -2.35. The molecule has 9 heteroatoms. The first kappa shape index (κ1) is 18.4. The summed E-state index contributed by atoms with van der Waals surface area (Å²) in [6.07, 6.45) is 2.22. The highest BCUT2D eigenvalue weighted by Crippen LogP contribution is 2.50. The zero-order valence-electron chi connectivity index (χ0n) is 13.2. The van der Waals surface area contributed by atoms with Crippen molar-refractivity contribution < 1.29 is 22.7 Å². The van der Waals surface area contributed by atoms with E-state index in [1.807, 2.05) is 0 Å². The Balaban J connectivity index is 2.07. The Labute approximate surface area is 150 Å². The van der Waals surface area contributed by atoms with E-state index >= 15 is 8.78 Å². The third-order valence-electron chi connectivity index (χ3n) is 3.70. The topological polar surface area (TPSA) is 50.9 Å². The Morgan fingerprint density at radius 3 is 2.42 bits per heavy atom. The van der Waals surface area contributed by atoms with Crippen LogP contribution in [0, 0.1) is 11.6 Å². The molecule has 4 nitrogen and oxygen atoms in total. The van der Waals surface area contributed by atoms with Gasteiger partial charge in [-0.1, -0.05) is 18.2 Å². The van der Waals surface area contributed by atoms with Crippen LogP contribution >= 0.6 is 11.8 Å². The molecule has 26 heavy (non-hydrogen) atoms. The maximum absolute atomic E-state index is 15.1. The molecule has 1 heterocycles. The van der Waals surface area contributed by atoms with Gasteiger partial charge in [-0.3, -0.25) is 0 Å². The highest BCUT2D eigenvalue weighted by Gasteiger charge is 2.56. The first-order valence-corrected chi connectivity index (χ1v) is 8.26. The first-order chi connectivity index (χ1) is 12.3. The van der Waals surface area contributed by atoms with Crippen molar-refractivity contribution in [1.82, 2.24) is 14.8 Å². The van der Waals surface area contributed by atoms with E-state index in [9.17, 15) is 13.9 Å². The van der Waals surface area contributed by atoms with Crippen LogP contribution in [0.25, 0.3) is 0 Å². The molecule has 0 aliphatic heterocycles. The number of rotatable bonds is 6. The van der Waals surface area contributed by atoms with Gasteiger partial charge in [0.25, 0.3) is 0 Å². The van der Waals surface area contributed by atoms with E-state index in [1.165, 1.54) is 12.1 Å². The lowest BCUT2D eigenvalue weighted by Crippen LogP contribution is -2.47. The van der Waals surface area contributed by atoms with Crippen molar-refractivity contribution in [2.75, 3.05) is 0 Å². The predicted molar refractivity (Wildman–Crippen MR) is 87.5 cm³/mol. The van der Waals surface area contributed by atoms with Gasteiger partial charge in [-0.2, -0.15) is 13.9 Å². The maximum atomic E-state index is 15.1. The molecule has 0 bridgehead atoms. The highest BCUT2D eigenvalue weighted by atomic mass is 32.2. The molecule has 2 aromatic carbocycles. The largest absolute Gasteiger partial charge is 0.376 e. The summed E-state index contributed by atoms with van der Waals surface area (Å²) in [7, 11) is 0. The number of nitrogens with zero attached hydrogens (tertiary/aromatic N) is 3. The van der Waals surface area contributed by atoms with Crippen molar-refractivity contribution in [3.05, 3.63) is 78.4 Å². The van der Waals surface area contributed by atoms with Crippen LogP contribution in [0.5, 0.6) is 0 Å². The van der Waals surface area contributed by atoms with Crippen LogP contribution in [0.3, 0.4) is 0 Å². The standard InChI is InChI=1S/C17H13F4N3OS/c18-12-6-7-14(15(19)8-12)16(25,9-24-11-22-10-23-24)17(20,21)26-13-4-2-1-3-5-13/h1-8,10-11,25H,9H2. The molecule has 0 saturated heterocycles. The SMILES string of the molecule is OC(Cn1cncn1)(c1ccc(F)cc1F)C(F)(F)Sc1ccccc1. The smallest absolute Gasteiger partial charge is 0.332 e. The van der Waals surface area contributed by atoms with Crippen molar-refractivity contribution >= 4 is 11.8 Å². The van der Waals surface area contributed by atoms with Gasteiger partial charge in [-0.25, -0.2) is 18.4 Å². The summed E-state index contributed by atoms with van der Waals surface area (Å²) in [5, 5.41) is 10.7. The van der Waals surface area contributed by atoms with E-state index in [0.717, 1.165) is 29.5 Å². The van der Waals surface area contributed by atoms with Gasteiger partial charge in [-0.15, -0.1) is 0 Å². The monoisotopic (exact) mass is 383 g/mol. The average molecular weight is 383 g/mol. The molecule has 1 aromatic heterocycles. The third kappa shape index (κ3) is 3.58. The van der Waals surface area contributed by atoms with Crippen molar-refractivity contribution in [3.8, 4) is 0 Å². The number of halogens is 4. The maximum Gasteiger partial charge on any atom is 0.332 e. The number of benzene rings is 2. The average Bonchev–Trinajstić information content (AvgIpc) is 3.07. The number of hydrogen-bond donors (Lipinski definition) is 1. The second-order valence-electron chi connectivity index (χ2n) is 5.51. The van der Waals surface area contributed by atoms with Crippen molar-refractivity contribution in [2.24, 2.45) is 0 Å². The van der Waals surface area contributed by atoms with E-state index in [4.69, 9.17) is 0 Å². The lowest BCUT2D eigenvalue weighted by molar-refractivity contribution is -0.139. The second-order valence-corrected chi connectivity index (χ2v) is 6.70. The minimum absolute atomic E-state index is 0.0772. The molecular formula is C17H13F4N3OS. The zero-order chi connectivity index (χ0) is 18.8. The van der Waals surface area contributed by atoms with Crippen LogP contribution < -0.4 is 0 Å². The Kier molecular flexibility index (Phi) is 5.01. The van der Waals surface area contributed by atoms with Crippen LogP contribution in [0.4, 0.5) is 17.6 Å². The van der Waals surface area contributed by atoms with E-state index in [1.54, 1.807) is 18.2 Å². The lowest BCUT2D eigenvalue weighted by atomic mass is 9.93.